The van der Waals surface area contributed by atoms with Crippen molar-refractivity contribution in [1.29, 1.82) is 0 Å². The van der Waals surface area contributed by atoms with Gasteiger partial charge < -0.3 is 19.5 Å². The summed E-state index contributed by atoms with van der Waals surface area (Å²) in [6.45, 7) is 0.560. The Morgan fingerprint density at radius 3 is 2.30 bits per heavy atom. The lowest BCUT2D eigenvalue weighted by Gasteiger charge is -2.12. The summed E-state index contributed by atoms with van der Waals surface area (Å²) in [6.07, 6.45) is 2.85. The monoisotopic (exact) mass is 435 g/mol. The number of carbonyl (C=O) groups is 2. The molecule has 0 radical (unpaired) electrons. The molecule has 1 rings (SSSR count). The SMILES string of the molecule is COC(=O)CCCCCNC(=O)c1cc(OC)c(OC)cc1I. The van der Waals surface area contributed by atoms with Gasteiger partial charge in [0, 0.05) is 16.5 Å². The van der Waals surface area contributed by atoms with E-state index in [4.69, 9.17) is 9.47 Å². The van der Waals surface area contributed by atoms with Crippen LogP contribution in [0.2, 0.25) is 0 Å². The number of unbranched alkanes of at least 4 members (excludes halogenated alkanes) is 2. The molecule has 6 nitrogen and oxygen atoms in total. The number of rotatable bonds is 9. The van der Waals surface area contributed by atoms with Crippen molar-refractivity contribution in [2.24, 2.45) is 0 Å². The van der Waals surface area contributed by atoms with Gasteiger partial charge in [0.25, 0.3) is 5.91 Å². The van der Waals surface area contributed by atoms with Gasteiger partial charge in [-0.05, 0) is 47.6 Å². The molecular formula is C16H22INO5. The summed E-state index contributed by atoms with van der Waals surface area (Å²) >= 11 is 2.10. The molecule has 0 atom stereocenters. The zero-order chi connectivity index (χ0) is 17.2. The van der Waals surface area contributed by atoms with Crippen LogP contribution in [-0.4, -0.2) is 39.8 Å². The number of esters is 1. The topological polar surface area (TPSA) is 73.9 Å². The van der Waals surface area contributed by atoms with Crippen molar-refractivity contribution in [2.75, 3.05) is 27.9 Å². The summed E-state index contributed by atoms with van der Waals surface area (Å²) in [6, 6.07) is 3.44. The van der Waals surface area contributed by atoms with Gasteiger partial charge in [0.05, 0.1) is 26.9 Å². The quantitative estimate of drug-likeness (QED) is 0.367. The maximum absolute atomic E-state index is 12.2. The lowest BCUT2D eigenvalue weighted by molar-refractivity contribution is -0.140. The molecule has 0 aliphatic heterocycles. The summed E-state index contributed by atoms with van der Waals surface area (Å²) in [5, 5.41) is 2.87. The van der Waals surface area contributed by atoms with Crippen LogP contribution >= 0.6 is 22.6 Å². The second kappa shape index (κ2) is 10.3. The fourth-order valence-corrected chi connectivity index (χ4v) is 2.68. The van der Waals surface area contributed by atoms with E-state index in [2.05, 4.69) is 32.6 Å². The average molecular weight is 435 g/mol. The summed E-state index contributed by atoms with van der Waals surface area (Å²) in [5.74, 6) is 0.768. The molecule has 0 aliphatic rings. The first-order chi connectivity index (χ1) is 11.0. The molecule has 0 saturated heterocycles. The molecule has 0 heterocycles. The Morgan fingerprint density at radius 1 is 1.04 bits per heavy atom. The van der Waals surface area contributed by atoms with E-state index in [1.54, 1.807) is 19.2 Å². The van der Waals surface area contributed by atoms with Crippen LogP contribution in [-0.2, 0) is 9.53 Å². The van der Waals surface area contributed by atoms with Crippen molar-refractivity contribution in [3.63, 3.8) is 0 Å². The first kappa shape index (κ1) is 19.5. The molecule has 0 saturated carbocycles. The fourth-order valence-electron chi connectivity index (χ4n) is 2.00. The van der Waals surface area contributed by atoms with Crippen LogP contribution in [0.4, 0.5) is 0 Å². The maximum Gasteiger partial charge on any atom is 0.305 e. The van der Waals surface area contributed by atoms with Gasteiger partial charge in [-0.1, -0.05) is 6.42 Å². The molecule has 0 aliphatic carbocycles. The zero-order valence-corrected chi connectivity index (χ0v) is 15.8. The summed E-state index contributed by atoms with van der Waals surface area (Å²) < 4.78 is 15.8. The van der Waals surface area contributed by atoms with E-state index in [1.165, 1.54) is 14.2 Å². The van der Waals surface area contributed by atoms with Crippen LogP contribution < -0.4 is 14.8 Å². The zero-order valence-electron chi connectivity index (χ0n) is 13.6. The fraction of sp³-hybridized carbons (Fsp3) is 0.500. The van der Waals surface area contributed by atoms with Crippen molar-refractivity contribution in [3.05, 3.63) is 21.3 Å². The Kier molecular flexibility index (Phi) is 8.75. The molecule has 23 heavy (non-hydrogen) atoms. The van der Waals surface area contributed by atoms with Crippen LogP contribution in [0.15, 0.2) is 12.1 Å². The van der Waals surface area contributed by atoms with E-state index in [0.717, 1.165) is 22.8 Å². The molecule has 0 unspecified atom stereocenters. The Balaban J connectivity index is 2.47. The predicted molar refractivity (Wildman–Crippen MR) is 95.1 cm³/mol. The molecule has 1 amide bonds. The summed E-state index contributed by atoms with van der Waals surface area (Å²) in [4.78, 5) is 23.2. The molecular weight excluding hydrogens is 413 g/mol. The van der Waals surface area contributed by atoms with Gasteiger partial charge in [0.1, 0.15) is 0 Å². The number of methoxy groups -OCH3 is 3. The van der Waals surface area contributed by atoms with E-state index in [9.17, 15) is 9.59 Å². The molecule has 0 aromatic heterocycles. The molecule has 1 aromatic rings. The van der Waals surface area contributed by atoms with Gasteiger partial charge >= 0.3 is 5.97 Å². The minimum absolute atomic E-state index is 0.150. The molecule has 0 fully saturated rings. The number of nitrogens with one attached hydrogen (secondary N) is 1. The first-order valence-electron chi connectivity index (χ1n) is 7.30. The van der Waals surface area contributed by atoms with Crippen LogP contribution in [0.3, 0.4) is 0 Å². The predicted octanol–water partition coefficient (Wildman–Crippen LogP) is 2.77. The molecule has 7 heteroatoms. The van der Waals surface area contributed by atoms with E-state index in [-0.39, 0.29) is 11.9 Å². The molecule has 1 aromatic carbocycles. The standard InChI is InChI=1S/C16H22INO5/c1-21-13-9-11(12(17)10-14(13)22-2)16(20)18-8-6-4-5-7-15(19)23-3/h9-10H,4-8H2,1-3H3,(H,18,20). The van der Waals surface area contributed by atoms with Crippen molar-refractivity contribution < 1.29 is 23.8 Å². The minimum Gasteiger partial charge on any atom is -0.493 e. The number of amides is 1. The van der Waals surface area contributed by atoms with Gasteiger partial charge in [-0.2, -0.15) is 0 Å². The van der Waals surface area contributed by atoms with Gasteiger partial charge in [-0.25, -0.2) is 0 Å². The summed E-state index contributed by atoms with van der Waals surface area (Å²) in [7, 11) is 4.48. The van der Waals surface area contributed by atoms with Crippen molar-refractivity contribution in [3.8, 4) is 11.5 Å². The molecule has 0 bridgehead atoms. The number of hydrogen-bond donors (Lipinski definition) is 1. The Bertz CT molecular complexity index is 548. The lowest BCUT2D eigenvalue weighted by atomic mass is 10.1. The van der Waals surface area contributed by atoms with E-state index < -0.39 is 0 Å². The smallest absolute Gasteiger partial charge is 0.305 e. The second-order valence-electron chi connectivity index (χ2n) is 4.83. The third-order valence-corrected chi connectivity index (χ3v) is 4.18. The number of carbonyl (C=O) groups excluding carboxylic acids is 2. The lowest BCUT2D eigenvalue weighted by Crippen LogP contribution is -2.25. The number of benzene rings is 1. The van der Waals surface area contributed by atoms with Gasteiger partial charge in [-0.15, -0.1) is 0 Å². The van der Waals surface area contributed by atoms with Crippen molar-refractivity contribution in [2.45, 2.75) is 25.7 Å². The first-order valence-corrected chi connectivity index (χ1v) is 8.37. The number of ether oxygens (including phenoxy) is 3. The van der Waals surface area contributed by atoms with E-state index in [1.807, 2.05) is 0 Å². The van der Waals surface area contributed by atoms with Gasteiger partial charge in [0.2, 0.25) is 0 Å². The van der Waals surface area contributed by atoms with Gasteiger partial charge in [0.15, 0.2) is 11.5 Å². The largest absolute Gasteiger partial charge is 0.493 e. The normalized spacial score (nSPS) is 10.1. The van der Waals surface area contributed by atoms with Crippen LogP contribution in [0.5, 0.6) is 11.5 Å². The van der Waals surface area contributed by atoms with E-state index >= 15 is 0 Å². The molecule has 128 valence electrons. The Hall–Kier alpha value is -1.51. The van der Waals surface area contributed by atoms with Crippen molar-refractivity contribution in [1.82, 2.24) is 5.32 Å². The highest BCUT2D eigenvalue weighted by Crippen LogP contribution is 2.31. The van der Waals surface area contributed by atoms with Crippen LogP contribution in [0.1, 0.15) is 36.0 Å². The number of halogens is 1. The van der Waals surface area contributed by atoms with Crippen LogP contribution in [0.25, 0.3) is 0 Å². The van der Waals surface area contributed by atoms with E-state index in [0.29, 0.717) is 30.0 Å². The highest BCUT2D eigenvalue weighted by atomic mass is 127. The highest BCUT2D eigenvalue weighted by molar-refractivity contribution is 14.1. The Labute approximate surface area is 150 Å². The van der Waals surface area contributed by atoms with Gasteiger partial charge in [-0.3, -0.25) is 9.59 Å². The maximum atomic E-state index is 12.2. The summed E-state index contributed by atoms with van der Waals surface area (Å²) in [5.41, 5.74) is 0.554. The van der Waals surface area contributed by atoms with Crippen LogP contribution in [0, 0.1) is 3.57 Å². The molecule has 1 N–H and O–H groups in total. The third-order valence-electron chi connectivity index (χ3n) is 3.29. The average Bonchev–Trinajstić information content (AvgIpc) is 2.56. The second-order valence-corrected chi connectivity index (χ2v) is 5.99. The third kappa shape index (κ3) is 6.25. The highest BCUT2D eigenvalue weighted by Gasteiger charge is 2.15. The van der Waals surface area contributed by atoms with Crippen molar-refractivity contribution >= 4 is 34.5 Å². The molecule has 0 spiro atoms. The Morgan fingerprint density at radius 2 is 1.70 bits per heavy atom. The number of hydrogen-bond acceptors (Lipinski definition) is 5. The minimum atomic E-state index is -0.200.